The molecule has 0 aliphatic heterocycles. The monoisotopic (exact) mass is 187 g/mol. The van der Waals surface area contributed by atoms with Gasteiger partial charge in [-0.05, 0) is 0 Å². The predicted molar refractivity (Wildman–Crippen MR) is 43.5 cm³/mol. The minimum absolute atomic E-state index is 0.505. The van der Waals surface area contributed by atoms with Crippen LogP contribution in [0.25, 0.3) is 0 Å². The van der Waals surface area contributed by atoms with E-state index in [-0.39, 0.29) is 0 Å². The van der Waals surface area contributed by atoms with E-state index in [1.54, 1.807) is 0 Å². The van der Waals surface area contributed by atoms with Gasteiger partial charge in [0, 0.05) is 0 Å². The molecule has 0 saturated heterocycles. The summed E-state index contributed by atoms with van der Waals surface area (Å²) in [6.07, 6.45) is 0.851. The molecule has 1 aromatic heterocycles. The van der Waals surface area contributed by atoms with Gasteiger partial charge in [-0.2, -0.15) is 5.10 Å². The van der Waals surface area contributed by atoms with Crippen LogP contribution in [-0.2, 0) is 0 Å². The quantitative estimate of drug-likeness (QED) is 0.531. The molecule has 1 aromatic rings. The van der Waals surface area contributed by atoms with Crippen molar-refractivity contribution >= 4 is 11.7 Å². The van der Waals surface area contributed by atoms with E-state index in [1.807, 2.05) is 18.9 Å². The second-order valence-electron chi connectivity index (χ2n) is 1.69. The average molecular weight is 187 g/mol. The maximum atomic E-state index is 10.2. The first kappa shape index (κ1) is 11.1. The molecule has 1 heterocycles. The zero-order chi connectivity index (χ0) is 10.4. The van der Waals surface area contributed by atoms with Gasteiger partial charge in [0.1, 0.15) is 6.20 Å². The predicted octanol–water partition coefficient (Wildman–Crippen LogP) is 1.04. The van der Waals surface area contributed by atoms with Crippen molar-refractivity contribution in [3.05, 3.63) is 22.0 Å². The van der Waals surface area contributed by atoms with E-state index in [0.717, 1.165) is 6.20 Å². The fraction of sp³-hybridized carbons (Fsp3) is 0.333. The Morgan fingerprint density at radius 2 is 2.23 bits per heavy atom. The summed E-state index contributed by atoms with van der Waals surface area (Å²) in [6.45, 7) is 4.00. The lowest BCUT2D eigenvalue weighted by Gasteiger charge is -1.86. The van der Waals surface area contributed by atoms with Gasteiger partial charge in [-0.25, -0.2) is 4.79 Å². The van der Waals surface area contributed by atoms with Gasteiger partial charge in [-0.3, -0.25) is 15.2 Å². The van der Waals surface area contributed by atoms with E-state index < -0.39 is 22.3 Å². The van der Waals surface area contributed by atoms with Crippen LogP contribution in [0.15, 0.2) is 6.20 Å². The Bertz CT molecular complexity index is 278. The number of aromatic carboxylic acids is 1. The van der Waals surface area contributed by atoms with E-state index in [1.165, 1.54) is 0 Å². The van der Waals surface area contributed by atoms with Crippen molar-refractivity contribution in [2.75, 3.05) is 0 Å². The van der Waals surface area contributed by atoms with Crippen LogP contribution in [0.5, 0.6) is 0 Å². The molecule has 72 valence electrons. The van der Waals surface area contributed by atoms with Crippen LogP contribution in [0.2, 0.25) is 0 Å². The summed E-state index contributed by atoms with van der Waals surface area (Å²) in [4.78, 5) is 19.5. The summed E-state index contributed by atoms with van der Waals surface area (Å²) in [5, 5.41) is 23.6. The van der Waals surface area contributed by atoms with E-state index >= 15 is 0 Å². The Hall–Kier alpha value is -1.92. The topological polar surface area (TPSA) is 109 Å². The summed E-state index contributed by atoms with van der Waals surface area (Å²) in [6, 6.07) is 0. The van der Waals surface area contributed by atoms with Crippen LogP contribution in [0, 0.1) is 10.1 Å². The smallest absolute Gasteiger partial charge is 0.361 e. The Labute approximate surface area is 73.5 Å². The van der Waals surface area contributed by atoms with E-state index in [4.69, 9.17) is 5.11 Å². The standard InChI is InChI=1S/C4H3N3O4.C2H6/c8-4(9)3-2(7(10)11)1-5-6-3;1-2/h1H,(H,5,6)(H,8,9);1-2H3. The van der Waals surface area contributed by atoms with Crippen LogP contribution in [0.1, 0.15) is 24.3 Å². The molecule has 0 spiro atoms. The molecule has 0 radical (unpaired) electrons. The van der Waals surface area contributed by atoms with Crippen LogP contribution >= 0.6 is 0 Å². The molecule has 2 N–H and O–H groups in total. The third kappa shape index (κ3) is 2.55. The molecular formula is C6H9N3O4. The zero-order valence-electron chi connectivity index (χ0n) is 7.14. The number of carboxylic acid groups (broad SMARTS) is 1. The second-order valence-corrected chi connectivity index (χ2v) is 1.69. The molecular weight excluding hydrogens is 178 g/mol. The fourth-order valence-corrected chi connectivity index (χ4v) is 0.576. The number of rotatable bonds is 2. The summed E-state index contributed by atoms with van der Waals surface area (Å²) in [7, 11) is 0. The zero-order valence-corrected chi connectivity index (χ0v) is 7.14. The second kappa shape index (κ2) is 4.86. The molecule has 0 bridgehead atoms. The minimum Gasteiger partial charge on any atom is -0.476 e. The molecule has 0 aliphatic carbocycles. The van der Waals surface area contributed by atoms with Gasteiger partial charge in [-0.1, -0.05) is 13.8 Å². The molecule has 0 amide bonds. The molecule has 7 heteroatoms. The van der Waals surface area contributed by atoms with Gasteiger partial charge in [0.05, 0.1) is 4.92 Å². The van der Waals surface area contributed by atoms with Crippen molar-refractivity contribution in [1.82, 2.24) is 10.2 Å². The van der Waals surface area contributed by atoms with Gasteiger partial charge < -0.3 is 5.11 Å². The molecule has 1 rings (SSSR count). The maximum absolute atomic E-state index is 10.2. The van der Waals surface area contributed by atoms with Crippen molar-refractivity contribution in [2.24, 2.45) is 0 Å². The van der Waals surface area contributed by atoms with Gasteiger partial charge in [0.25, 0.3) is 0 Å². The Morgan fingerprint density at radius 1 is 1.69 bits per heavy atom. The van der Waals surface area contributed by atoms with Crippen molar-refractivity contribution in [1.29, 1.82) is 0 Å². The highest BCUT2D eigenvalue weighted by atomic mass is 16.6. The summed E-state index contributed by atoms with van der Waals surface area (Å²) >= 11 is 0. The van der Waals surface area contributed by atoms with Gasteiger partial charge in [0.2, 0.25) is 5.69 Å². The summed E-state index contributed by atoms with van der Waals surface area (Å²) < 4.78 is 0. The van der Waals surface area contributed by atoms with Gasteiger partial charge in [-0.15, -0.1) is 0 Å². The lowest BCUT2D eigenvalue weighted by atomic mass is 10.4. The molecule has 0 atom stereocenters. The number of hydrogen-bond acceptors (Lipinski definition) is 4. The Morgan fingerprint density at radius 3 is 2.54 bits per heavy atom. The number of carbonyl (C=O) groups is 1. The number of nitrogens with one attached hydrogen (secondary N) is 1. The Kier molecular flexibility index (Phi) is 4.14. The number of carboxylic acids is 1. The highest BCUT2D eigenvalue weighted by Crippen LogP contribution is 2.13. The summed E-state index contributed by atoms with van der Waals surface area (Å²) in [5.41, 5.74) is -1.03. The highest BCUT2D eigenvalue weighted by Gasteiger charge is 2.21. The lowest BCUT2D eigenvalue weighted by Crippen LogP contribution is -2.00. The minimum atomic E-state index is -1.39. The van der Waals surface area contributed by atoms with Gasteiger partial charge >= 0.3 is 11.7 Å². The molecule has 0 aliphatic rings. The number of aromatic nitrogens is 2. The average Bonchev–Trinajstić information content (AvgIpc) is 2.55. The fourth-order valence-electron chi connectivity index (χ4n) is 0.576. The van der Waals surface area contributed by atoms with Gasteiger partial charge in [0.15, 0.2) is 0 Å². The number of nitrogens with zero attached hydrogens (tertiary/aromatic N) is 2. The van der Waals surface area contributed by atoms with Crippen LogP contribution in [0.3, 0.4) is 0 Å². The third-order valence-electron chi connectivity index (χ3n) is 1.03. The van der Waals surface area contributed by atoms with Crippen molar-refractivity contribution in [3.8, 4) is 0 Å². The Balaban J connectivity index is 0.000000671. The van der Waals surface area contributed by atoms with Crippen LogP contribution < -0.4 is 0 Å². The molecule has 0 fully saturated rings. The van der Waals surface area contributed by atoms with Crippen molar-refractivity contribution in [2.45, 2.75) is 13.8 Å². The first-order chi connectivity index (χ1) is 6.13. The van der Waals surface area contributed by atoms with E-state index in [9.17, 15) is 14.9 Å². The third-order valence-corrected chi connectivity index (χ3v) is 1.03. The SMILES string of the molecule is CC.O=C(O)c1[nH]ncc1[N+](=O)[O-]. The highest BCUT2D eigenvalue weighted by molar-refractivity contribution is 5.89. The normalized spacial score (nSPS) is 8.46. The molecule has 0 unspecified atom stereocenters. The summed E-state index contributed by atoms with van der Waals surface area (Å²) in [5.74, 6) is -1.39. The number of aromatic amines is 1. The first-order valence-corrected chi connectivity index (χ1v) is 3.54. The molecule has 0 aromatic carbocycles. The first-order valence-electron chi connectivity index (χ1n) is 3.54. The largest absolute Gasteiger partial charge is 0.476 e. The number of nitro groups is 1. The lowest BCUT2D eigenvalue weighted by molar-refractivity contribution is -0.385. The van der Waals surface area contributed by atoms with E-state index in [2.05, 4.69) is 5.10 Å². The maximum Gasteiger partial charge on any atom is 0.361 e. The number of H-pyrrole nitrogens is 1. The van der Waals surface area contributed by atoms with Crippen molar-refractivity contribution < 1.29 is 14.8 Å². The van der Waals surface area contributed by atoms with Crippen molar-refractivity contribution in [3.63, 3.8) is 0 Å². The molecule has 13 heavy (non-hydrogen) atoms. The molecule has 7 nitrogen and oxygen atoms in total. The van der Waals surface area contributed by atoms with Crippen LogP contribution in [0.4, 0.5) is 5.69 Å². The van der Waals surface area contributed by atoms with E-state index in [0.29, 0.717) is 0 Å². The van der Waals surface area contributed by atoms with Crippen LogP contribution in [-0.4, -0.2) is 26.2 Å². The molecule has 0 saturated carbocycles. The number of hydrogen-bond donors (Lipinski definition) is 2.